The van der Waals surface area contributed by atoms with E-state index in [1.54, 1.807) is 20.4 Å². The van der Waals surface area contributed by atoms with E-state index in [0.717, 1.165) is 34.0 Å². The van der Waals surface area contributed by atoms with Gasteiger partial charge in [-0.05, 0) is 31.2 Å². The number of hydrogen-bond donors (Lipinski definition) is 2. The first-order valence-electron chi connectivity index (χ1n) is 9.43. The standard InChI is InChI=1S/C23H23N5O2/c1-15(2)25-17-7-5-16(6-8-17)19-14-28-12-11-24-23(28)22(27-19)26-18-9-10-20(29-3)21(13-18)30-4/h5-14,25H,1H2,2-4H3,(H,26,27). The van der Waals surface area contributed by atoms with Gasteiger partial charge in [0.25, 0.3) is 0 Å². The maximum atomic E-state index is 5.40. The van der Waals surface area contributed by atoms with Crippen LogP contribution in [0.2, 0.25) is 0 Å². The maximum Gasteiger partial charge on any atom is 0.180 e. The van der Waals surface area contributed by atoms with Crippen LogP contribution < -0.4 is 20.1 Å². The number of nitrogens with zero attached hydrogens (tertiary/aromatic N) is 3. The lowest BCUT2D eigenvalue weighted by molar-refractivity contribution is 0.355. The largest absolute Gasteiger partial charge is 0.493 e. The number of anilines is 3. The topological polar surface area (TPSA) is 72.7 Å². The highest BCUT2D eigenvalue weighted by Gasteiger charge is 2.11. The minimum atomic E-state index is 0.638. The number of nitrogens with one attached hydrogen (secondary N) is 2. The quantitative estimate of drug-likeness (QED) is 0.449. The summed E-state index contributed by atoms with van der Waals surface area (Å²) in [6, 6.07) is 13.7. The van der Waals surface area contributed by atoms with Crippen LogP contribution in [-0.2, 0) is 0 Å². The first-order valence-corrected chi connectivity index (χ1v) is 9.43. The number of allylic oxidation sites excluding steroid dienone is 1. The molecule has 0 aliphatic rings. The molecular weight excluding hydrogens is 378 g/mol. The Kier molecular flexibility index (Phi) is 5.26. The molecule has 0 unspecified atom stereocenters. The fourth-order valence-electron chi connectivity index (χ4n) is 3.18. The average Bonchev–Trinajstić information content (AvgIpc) is 3.23. The van der Waals surface area contributed by atoms with Crippen molar-refractivity contribution in [3.8, 4) is 22.8 Å². The van der Waals surface area contributed by atoms with Gasteiger partial charge in [-0.1, -0.05) is 18.7 Å². The van der Waals surface area contributed by atoms with Gasteiger partial charge in [-0.2, -0.15) is 0 Å². The minimum absolute atomic E-state index is 0.638. The van der Waals surface area contributed by atoms with Crippen LogP contribution in [0.15, 0.2) is 73.3 Å². The van der Waals surface area contributed by atoms with Crippen LogP contribution in [0.25, 0.3) is 16.9 Å². The third-order valence-electron chi connectivity index (χ3n) is 4.56. The molecule has 2 N–H and O–H groups in total. The molecule has 0 saturated carbocycles. The number of rotatable bonds is 7. The van der Waals surface area contributed by atoms with Crippen LogP contribution in [0.4, 0.5) is 17.2 Å². The maximum absolute atomic E-state index is 5.40. The van der Waals surface area contributed by atoms with Crippen molar-refractivity contribution >= 4 is 22.8 Å². The zero-order valence-electron chi connectivity index (χ0n) is 17.1. The normalized spacial score (nSPS) is 10.6. The molecule has 0 atom stereocenters. The van der Waals surface area contributed by atoms with Crippen LogP contribution in [0, 0.1) is 0 Å². The van der Waals surface area contributed by atoms with Crippen LogP contribution in [0.1, 0.15) is 6.92 Å². The van der Waals surface area contributed by atoms with E-state index in [1.165, 1.54) is 0 Å². The molecule has 2 aromatic heterocycles. The van der Waals surface area contributed by atoms with E-state index in [1.807, 2.05) is 66.2 Å². The molecule has 7 heteroatoms. The molecular formula is C23H23N5O2. The van der Waals surface area contributed by atoms with Gasteiger partial charge < -0.3 is 24.5 Å². The van der Waals surface area contributed by atoms with Gasteiger partial charge in [0, 0.05) is 47.3 Å². The summed E-state index contributed by atoms with van der Waals surface area (Å²) in [5.74, 6) is 1.95. The van der Waals surface area contributed by atoms with Crippen molar-refractivity contribution in [1.29, 1.82) is 0 Å². The van der Waals surface area contributed by atoms with Gasteiger partial charge >= 0.3 is 0 Å². The molecule has 4 rings (SSSR count). The Labute approximate surface area is 175 Å². The zero-order chi connectivity index (χ0) is 21.1. The van der Waals surface area contributed by atoms with Crippen molar-refractivity contribution in [2.75, 3.05) is 24.9 Å². The van der Waals surface area contributed by atoms with E-state index in [9.17, 15) is 0 Å². The number of fused-ring (bicyclic) bond motifs is 1. The lowest BCUT2D eigenvalue weighted by atomic mass is 10.1. The van der Waals surface area contributed by atoms with Gasteiger partial charge in [-0.3, -0.25) is 0 Å². The highest BCUT2D eigenvalue weighted by atomic mass is 16.5. The number of benzene rings is 2. The average molecular weight is 401 g/mol. The monoisotopic (exact) mass is 401 g/mol. The molecule has 2 heterocycles. The smallest absolute Gasteiger partial charge is 0.180 e. The van der Waals surface area contributed by atoms with E-state index in [4.69, 9.17) is 14.5 Å². The minimum Gasteiger partial charge on any atom is -0.493 e. The second-order valence-corrected chi connectivity index (χ2v) is 6.81. The van der Waals surface area contributed by atoms with E-state index >= 15 is 0 Å². The Morgan fingerprint density at radius 2 is 1.73 bits per heavy atom. The molecule has 0 saturated heterocycles. The highest BCUT2D eigenvalue weighted by molar-refractivity contribution is 5.75. The molecule has 2 aromatic carbocycles. The van der Waals surface area contributed by atoms with Gasteiger partial charge in [-0.15, -0.1) is 0 Å². The van der Waals surface area contributed by atoms with Crippen LogP contribution >= 0.6 is 0 Å². The molecule has 0 fully saturated rings. The van der Waals surface area contributed by atoms with Crippen LogP contribution in [0.3, 0.4) is 0 Å². The van der Waals surface area contributed by atoms with E-state index in [0.29, 0.717) is 17.3 Å². The van der Waals surface area contributed by atoms with E-state index in [-0.39, 0.29) is 0 Å². The third-order valence-corrected chi connectivity index (χ3v) is 4.56. The Balaban J connectivity index is 1.70. The molecule has 7 nitrogen and oxygen atoms in total. The molecule has 0 amide bonds. The van der Waals surface area contributed by atoms with E-state index in [2.05, 4.69) is 22.2 Å². The predicted octanol–water partition coefficient (Wildman–Crippen LogP) is 5.10. The van der Waals surface area contributed by atoms with Crippen LogP contribution in [0.5, 0.6) is 11.5 Å². The molecule has 0 aliphatic carbocycles. The number of imidazole rings is 1. The summed E-state index contributed by atoms with van der Waals surface area (Å²) < 4.78 is 12.7. The predicted molar refractivity (Wildman–Crippen MR) is 120 cm³/mol. The van der Waals surface area contributed by atoms with Gasteiger partial charge in [0.1, 0.15) is 0 Å². The summed E-state index contributed by atoms with van der Waals surface area (Å²) in [5.41, 5.74) is 5.25. The zero-order valence-corrected chi connectivity index (χ0v) is 17.1. The lowest BCUT2D eigenvalue weighted by Gasteiger charge is -2.13. The molecule has 0 bridgehead atoms. The highest BCUT2D eigenvalue weighted by Crippen LogP contribution is 2.32. The van der Waals surface area contributed by atoms with Gasteiger partial charge in [0.15, 0.2) is 23.0 Å². The molecule has 0 aliphatic heterocycles. The first-order chi connectivity index (χ1) is 14.6. The van der Waals surface area contributed by atoms with Crippen molar-refractivity contribution in [2.24, 2.45) is 0 Å². The third kappa shape index (κ3) is 3.91. The second-order valence-electron chi connectivity index (χ2n) is 6.81. The summed E-state index contributed by atoms with van der Waals surface area (Å²) in [6.45, 7) is 5.80. The fourth-order valence-corrected chi connectivity index (χ4v) is 3.18. The van der Waals surface area contributed by atoms with Crippen LogP contribution in [-0.4, -0.2) is 28.6 Å². The number of aromatic nitrogens is 3. The number of hydrogen-bond acceptors (Lipinski definition) is 6. The summed E-state index contributed by atoms with van der Waals surface area (Å²) in [7, 11) is 3.22. The van der Waals surface area contributed by atoms with Crippen molar-refractivity contribution in [3.63, 3.8) is 0 Å². The number of methoxy groups -OCH3 is 2. The Bertz CT molecular complexity index is 1200. The number of ether oxygens (including phenoxy) is 2. The van der Waals surface area contributed by atoms with Gasteiger partial charge in [0.05, 0.1) is 19.9 Å². The van der Waals surface area contributed by atoms with E-state index < -0.39 is 0 Å². The Morgan fingerprint density at radius 3 is 2.43 bits per heavy atom. The molecule has 30 heavy (non-hydrogen) atoms. The molecule has 0 radical (unpaired) electrons. The van der Waals surface area contributed by atoms with Crippen molar-refractivity contribution in [3.05, 3.63) is 73.3 Å². The van der Waals surface area contributed by atoms with Gasteiger partial charge in [-0.25, -0.2) is 9.97 Å². The van der Waals surface area contributed by atoms with Crippen molar-refractivity contribution in [2.45, 2.75) is 6.92 Å². The second kappa shape index (κ2) is 8.16. The SMILES string of the molecule is C=C(C)Nc1ccc(-c2cn3ccnc3c(Nc3ccc(OC)c(OC)c3)n2)cc1. The Morgan fingerprint density at radius 1 is 1.00 bits per heavy atom. The van der Waals surface area contributed by atoms with Crippen molar-refractivity contribution < 1.29 is 9.47 Å². The molecule has 0 spiro atoms. The summed E-state index contributed by atoms with van der Waals surface area (Å²) in [4.78, 5) is 9.26. The fraction of sp³-hybridized carbons (Fsp3) is 0.130. The molecule has 152 valence electrons. The first kappa shape index (κ1) is 19.3. The Hall–Kier alpha value is -4.00. The lowest BCUT2D eigenvalue weighted by Crippen LogP contribution is -2.01. The summed E-state index contributed by atoms with van der Waals surface area (Å²) in [6.07, 6.45) is 5.61. The van der Waals surface area contributed by atoms with Gasteiger partial charge in [0.2, 0.25) is 0 Å². The van der Waals surface area contributed by atoms with Crippen molar-refractivity contribution in [1.82, 2.24) is 14.4 Å². The molecule has 4 aromatic rings. The summed E-state index contributed by atoms with van der Waals surface area (Å²) >= 11 is 0. The summed E-state index contributed by atoms with van der Waals surface area (Å²) in [5, 5.41) is 6.56.